The van der Waals surface area contributed by atoms with Crippen LogP contribution in [0.25, 0.3) is 0 Å². The van der Waals surface area contributed by atoms with Crippen molar-refractivity contribution in [3.63, 3.8) is 0 Å². The molecule has 0 spiro atoms. The van der Waals surface area contributed by atoms with Crippen LogP contribution in [-0.4, -0.2) is 35.7 Å². The zero-order chi connectivity index (χ0) is 15.7. The zero-order valence-corrected chi connectivity index (χ0v) is 13.5. The molecular weight excluding hydrogens is 264 g/mol. The van der Waals surface area contributed by atoms with Crippen LogP contribution in [0.5, 0.6) is 0 Å². The van der Waals surface area contributed by atoms with Crippen molar-refractivity contribution in [2.75, 3.05) is 25.0 Å². The molecule has 0 atom stereocenters. The van der Waals surface area contributed by atoms with E-state index in [1.807, 2.05) is 6.07 Å². The van der Waals surface area contributed by atoms with E-state index in [4.69, 9.17) is 5.11 Å². The van der Waals surface area contributed by atoms with Gasteiger partial charge in [-0.15, -0.1) is 0 Å². The van der Waals surface area contributed by atoms with Crippen molar-refractivity contribution in [3.05, 3.63) is 29.3 Å². The van der Waals surface area contributed by atoms with Crippen LogP contribution in [0, 0.1) is 0 Å². The van der Waals surface area contributed by atoms with Crippen molar-refractivity contribution >= 4 is 11.7 Å². The topological polar surface area (TPSA) is 52.6 Å². The Morgan fingerprint density at radius 1 is 1.14 bits per heavy atom. The van der Waals surface area contributed by atoms with Crippen LogP contribution in [0.15, 0.2) is 18.2 Å². The van der Waals surface area contributed by atoms with Gasteiger partial charge in [0.25, 0.3) is 0 Å². The number of aryl methyl sites for hydroxylation is 2. The van der Waals surface area contributed by atoms with Gasteiger partial charge in [-0.1, -0.05) is 45.4 Å². The van der Waals surface area contributed by atoms with Gasteiger partial charge in [-0.05, 0) is 30.4 Å². The highest BCUT2D eigenvalue weighted by Crippen LogP contribution is 2.23. The number of amides is 2. The first-order valence-electron chi connectivity index (χ1n) is 7.95. The molecular formula is C17H28N2O2. The van der Waals surface area contributed by atoms with E-state index in [9.17, 15) is 4.79 Å². The number of anilines is 1. The minimum absolute atomic E-state index is 0.00675. The molecule has 1 aromatic rings. The number of unbranched alkanes of at least 4 members (excludes halogenated alkanes) is 1. The van der Waals surface area contributed by atoms with Gasteiger partial charge in [0, 0.05) is 18.8 Å². The molecule has 1 rings (SSSR count). The van der Waals surface area contributed by atoms with Gasteiger partial charge in [0.15, 0.2) is 0 Å². The molecule has 2 N–H and O–H groups in total. The van der Waals surface area contributed by atoms with Crippen molar-refractivity contribution in [3.8, 4) is 0 Å². The number of para-hydroxylation sites is 1. The predicted octanol–water partition coefficient (Wildman–Crippen LogP) is 3.44. The lowest BCUT2D eigenvalue weighted by atomic mass is 10.0. The van der Waals surface area contributed by atoms with Crippen LogP contribution in [-0.2, 0) is 12.8 Å². The van der Waals surface area contributed by atoms with Crippen molar-refractivity contribution in [1.82, 2.24) is 4.90 Å². The molecule has 0 aliphatic heterocycles. The highest BCUT2D eigenvalue weighted by molar-refractivity contribution is 5.91. The average Bonchev–Trinajstić information content (AvgIpc) is 2.51. The molecule has 0 radical (unpaired) electrons. The third-order valence-corrected chi connectivity index (χ3v) is 3.67. The van der Waals surface area contributed by atoms with E-state index in [1.54, 1.807) is 4.90 Å². The lowest BCUT2D eigenvalue weighted by Crippen LogP contribution is -2.38. The van der Waals surface area contributed by atoms with E-state index >= 15 is 0 Å². The molecule has 0 heterocycles. The fraction of sp³-hybridized carbons (Fsp3) is 0.588. The molecule has 0 bridgehead atoms. The van der Waals surface area contributed by atoms with Gasteiger partial charge in [0.05, 0.1) is 6.61 Å². The number of benzene rings is 1. The Morgan fingerprint density at radius 3 is 2.24 bits per heavy atom. The summed E-state index contributed by atoms with van der Waals surface area (Å²) in [5.41, 5.74) is 3.25. The third kappa shape index (κ3) is 5.05. The number of carbonyl (C=O) groups excluding carboxylic acids is 1. The van der Waals surface area contributed by atoms with Crippen LogP contribution in [0.3, 0.4) is 0 Å². The molecule has 0 fully saturated rings. The number of aliphatic hydroxyl groups is 1. The summed E-state index contributed by atoms with van der Waals surface area (Å²) < 4.78 is 0. The minimum Gasteiger partial charge on any atom is -0.395 e. The molecule has 0 aromatic heterocycles. The van der Waals surface area contributed by atoms with Crippen molar-refractivity contribution in [2.24, 2.45) is 0 Å². The van der Waals surface area contributed by atoms with Gasteiger partial charge >= 0.3 is 6.03 Å². The van der Waals surface area contributed by atoms with Crippen LogP contribution in [0.2, 0.25) is 0 Å². The molecule has 21 heavy (non-hydrogen) atoms. The standard InChI is InChI=1S/C17H28N2O2/c1-4-7-11-19(12-13-20)17(21)18-16-14(5-2)9-8-10-15(16)6-3/h8-10,20H,4-7,11-13H2,1-3H3,(H,18,21). The highest BCUT2D eigenvalue weighted by Gasteiger charge is 2.15. The Labute approximate surface area is 128 Å². The quantitative estimate of drug-likeness (QED) is 0.771. The summed E-state index contributed by atoms with van der Waals surface area (Å²) in [5, 5.41) is 12.2. The Kier molecular flexibility index (Phi) is 7.83. The van der Waals surface area contributed by atoms with Gasteiger partial charge < -0.3 is 15.3 Å². The van der Waals surface area contributed by atoms with Crippen LogP contribution < -0.4 is 5.32 Å². The van der Waals surface area contributed by atoms with Crippen LogP contribution >= 0.6 is 0 Å². The summed E-state index contributed by atoms with van der Waals surface area (Å²) in [6, 6.07) is 6.03. The first kappa shape index (κ1) is 17.5. The fourth-order valence-corrected chi connectivity index (χ4v) is 2.37. The molecule has 0 aliphatic carbocycles. The second kappa shape index (κ2) is 9.40. The van der Waals surface area contributed by atoms with E-state index in [-0.39, 0.29) is 12.6 Å². The van der Waals surface area contributed by atoms with Crippen molar-refractivity contribution in [2.45, 2.75) is 46.5 Å². The molecule has 0 aliphatic rings. The van der Waals surface area contributed by atoms with Gasteiger partial charge in [-0.2, -0.15) is 0 Å². The largest absolute Gasteiger partial charge is 0.395 e. The number of carbonyl (C=O) groups is 1. The average molecular weight is 292 g/mol. The van der Waals surface area contributed by atoms with E-state index in [2.05, 4.69) is 38.2 Å². The molecule has 118 valence electrons. The smallest absolute Gasteiger partial charge is 0.321 e. The maximum atomic E-state index is 12.4. The zero-order valence-electron chi connectivity index (χ0n) is 13.5. The Balaban J connectivity index is 2.89. The SMILES string of the molecule is CCCCN(CCO)C(=O)Nc1c(CC)cccc1CC. The lowest BCUT2D eigenvalue weighted by molar-refractivity contribution is 0.187. The molecule has 0 unspecified atom stereocenters. The summed E-state index contributed by atoms with van der Waals surface area (Å²) >= 11 is 0. The molecule has 0 saturated heterocycles. The normalized spacial score (nSPS) is 10.5. The van der Waals surface area contributed by atoms with Gasteiger partial charge in [-0.3, -0.25) is 0 Å². The maximum Gasteiger partial charge on any atom is 0.321 e. The summed E-state index contributed by atoms with van der Waals surface area (Å²) in [6.07, 6.45) is 3.75. The number of nitrogens with zero attached hydrogens (tertiary/aromatic N) is 1. The molecule has 4 heteroatoms. The second-order valence-electron chi connectivity index (χ2n) is 5.15. The summed E-state index contributed by atoms with van der Waals surface area (Å²) in [7, 11) is 0. The summed E-state index contributed by atoms with van der Waals surface area (Å²) in [4.78, 5) is 14.1. The Hall–Kier alpha value is -1.55. The molecule has 1 aromatic carbocycles. The number of urea groups is 1. The molecule has 4 nitrogen and oxygen atoms in total. The molecule has 2 amide bonds. The molecule has 0 saturated carbocycles. The van der Waals surface area contributed by atoms with Crippen molar-refractivity contribution in [1.29, 1.82) is 0 Å². The summed E-state index contributed by atoms with van der Waals surface area (Å²) in [5.74, 6) is 0. The van der Waals surface area contributed by atoms with E-state index in [0.29, 0.717) is 13.1 Å². The first-order chi connectivity index (χ1) is 10.2. The lowest BCUT2D eigenvalue weighted by Gasteiger charge is -2.24. The minimum atomic E-state index is -0.118. The predicted molar refractivity (Wildman–Crippen MR) is 87.8 cm³/mol. The Morgan fingerprint density at radius 2 is 1.76 bits per heavy atom. The van der Waals surface area contributed by atoms with Gasteiger partial charge in [-0.25, -0.2) is 4.79 Å². The highest BCUT2D eigenvalue weighted by atomic mass is 16.3. The number of rotatable bonds is 8. The fourth-order valence-electron chi connectivity index (χ4n) is 2.37. The number of hydrogen-bond acceptors (Lipinski definition) is 2. The summed E-state index contributed by atoms with van der Waals surface area (Å²) in [6.45, 7) is 7.32. The first-order valence-corrected chi connectivity index (χ1v) is 7.95. The maximum absolute atomic E-state index is 12.4. The Bertz CT molecular complexity index is 424. The second-order valence-corrected chi connectivity index (χ2v) is 5.15. The monoisotopic (exact) mass is 292 g/mol. The number of aliphatic hydroxyl groups excluding tert-OH is 1. The third-order valence-electron chi connectivity index (χ3n) is 3.67. The van der Waals surface area contributed by atoms with Crippen LogP contribution in [0.4, 0.5) is 10.5 Å². The van der Waals surface area contributed by atoms with E-state index in [0.717, 1.165) is 42.5 Å². The van der Waals surface area contributed by atoms with Crippen molar-refractivity contribution < 1.29 is 9.90 Å². The number of nitrogens with one attached hydrogen (secondary N) is 1. The van der Waals surface area contributed by atoms with Gasteiger partial charge in [0.1, 0.15) is 0 Å². The van der Waals surface area contributed by atoms with Gasteiger partial charge in [0.2, 0.25) is 0 Å². The van der Waals surface area contributed by atoms with Crippen LogP contribution in [0.1, 0.15) is 44.7 Å². The number of hydrogen-bond donors (Lipinski definition) is 2. The van der Waals surface area contributed by atoms with E-state index in [1.165, 1.54) is 0 Å². The van der Waals surface area contributed by atoms with E-state index < -0.39 is 0 Å².